The number of nitrogens with one attached hydrogen (secondary N) is 2. The van der Waals surface area contributed by atoms with Gasteiger partial charge in [-0.05, 0) is 30.9 Å². The van der Waals surface area contributed by atoms with Gasteiger partial charge in [-0.15, -0.1) is 11.3 Å². The summed E-state index contributed by atoms with van der Waals surface area (Å²) in [6.45, 7) is 3.89. The van der Waals surface area contributed by atoms with Crippen LogP contribution in [-0.2, 0) is 0 Å². The van der Waals surface area contributed by atoms with E-state index in [-0.39, 0.29) is 11.9 Å². The first-order valence-electron chi connectivity index (χ1n) is 6.43. The fraction of sp³-hybridized carbons (Fsp3) is 0.286. The molecule has 0 fully saturated rings. The zero-order chi connectivity index (χ0) is 14.5. The van der Waals surface area contributed by atoms with Crippen molar-refractivity contribution < 1.29 is 4.79 Å². The van der Waals surface area contributed by atoms with E-state index in [1.807, 2.05) is 31.4 Å². The molecule has 20 heavy (non-hydrogen) atoms. The van der Waals surface area contributed by atoms with Gasteiger partial charge >= 0.3 is 0 Å². The average Bonchev–Trinajstić information content (AvgIpc) is 2.98. The molecule has 6 heteroatoms. The number of hydrogen-bond acceptors (Lipinski definition) is 5. The van der Waals surface area contributed by atoms with E-state index in [9.17, 15) is 4.79 Å². The molecule has 0 saturated carbocycles. The van der Waals surface area contributed by atoms with Crippen LogP contribution >= 0.6 is 11.3 Å². The number of pyridine rings is 1. The topological polar surface area (TPSA) is 80.0 Å². The van der Waals surface area contributed by atoms with Crippen molar-refractivity contribution in [1.82, 2.24) is 10.3 Å². The molecule has 0 aliphatic heterocycles. The Hall–Kier alpha value is -1.92. The third kappa shape index (κ3) is 3.15. The summed E-state index contributed by atoms with van der Waals surface area (Å²) in [5, 5.41) is 5.02. The van der Waals surface area contributed by atoms with E-state index in [4.69, 9.17) is 5.84 Å². The van der Waals surface area contributed by atoms with E-state index in [1.54, 1.807) is 23.6 Å². The van der Waals surface area contributed by atoms with Gasteiger partial charge in [0.1, 0.15) is 0 Å². The van der Waals surface area contributed by atoms with Gasteiger partial charge in [0.2, 0.25) is 0 Å². The van der Waals surface area contributed by atoms with Crippen LogP contribution in [0, 0.1) is 6.92 Å². The third-order valence-electron chi connectivity index (χ3n) is 3.04. The summed E-state index contributed by atoms with van der Waals surface area (Å²) in [5.74, 6) is 5.28. The predicted octanol–water partition coefficient (Wildman–Crippen LogP) is 2.62. The van der Waals surface area contributed by atoms with Gasteiger partial charge in [0.15, 0.2) is 0 Å². The van der Waals surface area contributed by atoms with Gasteiger partial charge in [0.25, 0.3) is 5.91 Å². The van der Waals surface area contributed by atoms with Gasteiger partial charge in [-0.2, -0.15) is 0 Å². The normalized spacial score (nSPS) is 11.9. The monoisotopic (exact) mass is 290 g/mol. The van der Waals surface area contributed by atoms with Gasteiger partial charge in [-0.3, -0.25) is 15.6 Å². The van der Waals surface area contributed by atoms with E-state index in [0.29, 0.717) is 11.3 Å². The maximum Gasteiger partial charge on any atom is 0.255 e. The second-order valence-electron chi connectivity index (χ2n) is 4.47. The molecule has 0 spiro atoms. The molecule has 0 bridgehead atoms. The van der Waals surface area contributed by atoms with Gasteiger partial charge in [-0.1, -0.05) is 13.0 Å². The van der Waals surface area contributed by atoms with E-state index >= 15 is 0 Å². The molecular weight excluding hydrogens is 272 g/mol. The van der Waals surface area contributed by atoms with Crippen LogP contribution in [0.25, 0.3) is 0 Å². The van der Waals surface area contributed by atoms with Crippen molar-refractivity contribution in [3.63, 3.8) is 0 Å². The van der Waals surface area contributed by atoms with Crippen LogP contribution in [0.5, 0.6) is 0 Å². The number of anilines is 1. The Balaban J connectivity index is 2.19. The zero-order valence-electron chi connectivity index (χ0n) is 11.5. The van der Waals surface area contributed by atoms with Crippen molar-refractivity contribution in [2.45, 2.75) is 26.3 Å². The smallest absolute Gasteiger partial charge is 0.255 e. The molecule has 1 amide bonds. The van der Waals surface area contributed by atoms with Gasteiger partial charge < -0.3 is 10.7 Å². The lowest BCUT2D eigenvalue weighted by Crippen LogP contribution is -2.29. The largest absolute Gasteiger partial charge is 0.344 e. The summed E-state index contributed by atoms with van der Waals surface area (Å²) in [5.41, 5.74) is 4.38. The molecule has 0 aliphatic carbocycles. The van der Waals surface area contributed by atoms with E-state index in [2.05, 4.69) is 15.7 Å². The average molecular weight is 290 g/mol. The molecule has 2 heterocycles. The number of nitrogens with zero attached hydrogens (tertiary/aromatic N) is 1. The molecule has 1 unspecified atom stereocenters. The highest BCUT2D eigenvalue weighted by molar-refractivity contribution is 7.10. The lowest BCUT2D eigenvalue weighted by Gasteiger charge is -2.17. The van der Waals surface area contributed by atoms with Crippen LogP contribution in [0.15, 0.2) is 29.8 Å². The molecule has 4 N–H and O–H groups in total. The number of aryl methyl sites for hydroxylation is 1. The van der Waals surface area contributed by atoms with Crippen LogP contribution < -0.4 is 16.6 Å². The van der Waals surface area contributed by atoms with Gasteiger partial charge in [0.05, 0.1) is 17.3 Å². The summed E-state index contributed by atoms with van der Waals surface area (Å²) in [6, 6.07) is 5.76. The summed E-state index contributed by atoms with van der Waals surface area (Å²) in [6.07, 6.45) is 2.37. The Morgan fingerprint density at radius 3 is 2.95 bits per heavy atom. The van der Waals surface area contributed by atoms with Gasteiger partial charge in [0, 0.05) is 16.8 Å². The Morgan fingerprint density at radius 1 is 1.55 bits per heavy atom. The number of nitrogens with two attached hydrogens (primary N) is 1. The molecule has 0 aromatic carbocycles. The van der Waals surface area contributed by atoms with Crippen molar-refractivity contribution in [2.75, 3.05) is 5.43 Å². The highest BCUT2D eigenvalue weighted by Crippen LogP contribution is 2.23. The molecule has 2 aromatic rings. The number of rotatable bonds is 5. The maximum absolute atomic E-state index is 12.4. The van der Waals surface area contributed by atoms with E-state index in [1.165, 1.54) is 0 Å². The van der Waals surface area contributed by atoms with Crippen LogP contribution in [0.4, 0.5) is 5.69 Å². The zero-order valence-corrected chi connectivity index (χ0v) is 12.3. The Morgan fingerprint density at radius 2 is 2.35 bits per heavy atom. The number of aromatic nitrogens is 1. The van der Waals surface area contributed by atoms with Crippen molar-refractivity contribution in [2.24, 2.45) is 5.84 Å². The second-order valence-corrected chi connectivity index (χ2v) is 5.44. The number of amides is 1. The molecule has 5 nitrogen and oxygen atoms in total. The number of nitrogen functional groups attached to an aromatic ring is 1. The van der Waals surface area contributed by atoms with Gasteiger partial charge in [-0.25, -0.2) is 0 Å². The lowest BCUT2D eigenvalue weighted by molar-refractivity contribution is 0.0936. The Bertz CT molecular complexity index is 583. The molecule has 0 aliphatic rings. The summed E-state index contributed by atoms with van der Waals surface area (Å²) in [7, 11) is 0. The van der Waals surface area contributed by atoms with E-state index < -0.39 is 0 Å². The van der Waals surface area contributed by atoms with Crippen molar-refractivity contribution in [1.29, 1.82) is 0 Å². The molecule has 106 valence electrons. The predicted molar refractivity (Wildman–Crippen MR) is 81.6 cm³/mol. The minimum atomic E-state index is -0.175. The minimum Gasteiger partial charge on any atom is -0.344 e. The number of thiophene rings is 1. The molecule has 1 atom stereocenters. The lowest BCUT2D eigenvalue weighted by atomic mass is 10.1. The first-order chi connectivity index (χ1) is 9.65. The van der Waals surface area contributed by atoms with E-state index in [0.717, 1.165) is 17.0 Å². The summed E-state index contributed by atoms with van der Waals surface area (Å²) >= 11 is 1.63. The van der Waals surface area contributed by atoms with Crippen molar-refractivity contribution >= 4 is 22.9 Å². The molecule has 0 radical (unpaired) electrons. The number of carbonyl (C=O) groups excluding carboxylic acids is 1. The van der Waals surface area contributed by atoms with Crippen LogP contribution in [0.3, 0.4) is 0 Å². The molecule has 2 rings (SSSR count). The highest BCUT2D eigenvalue weighted by Gasteiger charge is 2.17. The van der Waals surface area contributed by atoms with Crippen LogP contribution in [-0.4, -0.2) is 10.9 Å². The summed E-state index contributed by atoms with van der Waals surface area (Å²) in [4.78, 5) is 17.7. The van der Waals surface area contributed by atoms with Crippen LogP contribution in [0.1, 0.15) is 40.3 Å². The van der Waals surface area contributed by atoms with Crippen LogP contribution in [0.2, 0.25) is 0 Å². The fourth-order valence-electron chi connectivity index (χ4n) is 1.96. The fourth-order valence-corrected chi connectivity index (χ4v) is 2.82. The maximum atomic E-state index is 12.4. The Kier molecular flexibility index (Phi) is 4.70. The third-order valence-corrected chi connectivity index (χ3v) is 4.03. The van der Waals surface area contributed by atoms with Crippen molar-refractivity contribution in [3.05, 3.63) is 45.9 Å². The molecule has 0 saturated heterocycles. The standard InChI is InChI=1S/C14H18N4OS/c1-3-11(13-5-4-6-20-13)17-14(19)10-8-16-9(2)7-12(10)18-15/h4-8,11H,3,15H2,1-2H3,(H,16,18)(H,17,19). The van der Waals surface area contributed by atoms with Crippen molar-refractivity contribution in [3.8, 4) is 0 Å². The molecular formula is C14H18N4OS. The second kappa shape index (κ2) is 6.49. The first kappa shape index (κ1) is 14.5. The number of hydrogen-bond donors (Lipinski definition) is 3. The molecule has 2 aromatic heterocycles. The number of carbonyl (C=O) groups is 1. The Labute approximate surface area is 122 Å². The quantitative estimate of drug-likeness (QED) is 0.584. The first-order valence-corrected chi connectivity index (χ1v) is 7.31. The minimum absolute atomic E-state index is 0.00873. The number of hydrazine groups is 1. The highest BCUT2D eigenvalue weighted by atomic mass is 32.1. The SMILES string of the molecule is CCC(NC(=O)c1cnc(C)cc1NN)c1cccs1. The summed E-state index contributed by atoms with van der Waals surface area (Å²) < 4.78 is 0.